The van der Waals surface area contributed by atoms with E-state index in [1.54, 1.807) is 6.07 Å². The van der Waals surface area contributed by atoms with Crippen molar-refractivity contribution < 1.29 is 4.21 Å². The molecule has 2 heterocycles. The first-order valence-electron chi connectivity index (χ1n) is 5.18. The van der Waals surface area contributed by atoms with Crippen LogP contribution >= 0.6 is 0 Å². The van der Waals surface area contributed by atoms with Crippen LogP contribution in [0, 0.1) is 4.78 Å². The van der Waals surface area contributed by atoms with E-state index < -0.39 is 9.73 Å². The minimum Gasteiger partial charge on any atom is -0.372 e. The van der Waals surface area contributed by atoms with Crippen LogP contribution in [0.1, 0.15) is 12.1 Å². The number of rotatable bonds is 2. The molecule has 0 aliphatic carbocycles. The van der Waals surface area contributed by atoms with Crippen molar-refractivity contribution in [3.8, 4) is 0 Å². The molecule has 1 unspecified atom stereocenters. The van der Waals surface area contributed by atoms with Crippen LogP contribution in [0.15, 0.2) is 23.9 Å². The van der Waals surface area contributed by atoms with Gasteiger partial charge >= 0.3 is 0 Å². The van der Waals surface area contributed by atoms with E-state index in [0.29, 0.717) is 5.03 Å². The summed E-state index contributed by atoms with van der Waals surface area (Å²) in [6.45, 7) is 6.26. The molecule has 5 nitrogen and oxygen atoms in total. The monoisotopic (exact) mass is 240 g/mol. The highest BCUT2D eigenvalue weighted by atomic mass is 32.2. The van der Waals surface area contributed by atoms with Gasteiger partial charge in [0.2, 0.25) is 0 Å². The lowest BCUT2D eigenvalue weighted by atomic mass is 10.4. The van der Waals surface area contributed by atoms with E-state index in [4.69, 9.17) is 4.78 Å². The van der Waals surface area contributed by atoms with Crippen LogP contribution in [0.3, 0.4) is 0 Å². The summed E-state index contributed by atoms with van der Waals surface area (Å²) in [5, 5.41) is 4.63. The van der Waals surface area contributed by atoms with Crippen molar-refractivity contribution in [1.29, 1.82) is 4.78 Å². The largest absolute Gasteiger partial charge is 0.372 e. The Morgan fingerprint density at radius 2 is 2.38 bits per heavy atom. The van der Waals surface area contributed by atoms with E-state index >= 15 is 0 Å². The molecule has 1 aliphatic rings. The summed E-state index contributed by atoms with van der Waals surface area (Å²) in [7, 11) is -2.71. The average Bonchev–Trinajstić information content (AvgIpc) is 2.51. The summed E-state index contributed by atoms with van der Waals surface area (Å²) in [6, 6.07) is 1.77. The van der Waals surface area contributed by atoms with Gasteiger partial charge in [0.15, 0.2) is 5.03 Å². The Balaban J connectivity index is 2.38. The molecule has 16 heavy (non-hydrogen) atoms. The van der Waals surface area contributed by atoms with E-state index in [1.807, 2.05) is 10.9 Å². The standard InChI is InChI=1S/C10H16N4OS/c1-3-13-5-4-6-14-9(8-13)7-10(12-14)16(2,11)15/h3,7,11H,1,4-6,8H2,2H3. The first kappa shape index (κ1) is 11.2. The maximum Gasteiger partial charge on any atom is 0.157 e. The first-order valence-corrected chi connectivity index (χ1v) is 7.14. The SMILES string of the molecule is C=CN1CCCn2nc(S(C)(=N)=O)cc2C1. The summed E-state index contributed by atoms with van der Waals surface area (Å²) in [5.41, 5.74) is 1.01. The van der Waals surface area contributed by atoms with E-state index in [1.165, 1.54) is 6.26 Å². The number of nitrogens with zero attached hydrogens (tertiary/aromatic N) is 3. The molecule has 0 saturated carbocycles. The summed E-state index contributed by atoms with van der Waals surface area (Å²) in [6.07, 6.45) is 4.20. The molecule has 0 radical (unpaired) electrons. The molecule has 0 amide bonds. The Hall–Kier alpha value is -1.30. The van der Waals surface area contributed by atoms with E-state index in [9.17, 15) is 4.21 Å². The average molecular weight is 240 g/mol. The Morgan fingerprint density at radius 1 is 1.62 bits per heavy atom. The fourth-order valence-electron chi connectivity index (χ4n) is 1.81. The Kier molecular flexibility index (Phi) is 2.75. The van der Waals surface area contributed by atoms with Crippen molar-refractivity contribution in [3.05, 3.63) is 24.5 Å². The van der Waals surface area contributed by atoms with Crippen LogP contribution in [-0.4, -0.2) is 31.7 Å². The first-order chi connectivity index (χ1) is 7.50. The molecule has 0 fully saturated rings. The summed E-state index contributed by atoms with van der Waals surface area (Å²) >= 11 is 0. The van der Waals surface area contributed by atoms with Gasteiger partial charge in [0.1, 0.15) is 0 Å². The van der Waals surface area contributed by atoms with Crippen molar-refractivity contribution in [3.63, 3.8) is 0 Å². The molecular weight excluding hydrogens is 224 g/mol. The van der Waals surface area contributed by atoms with Gasteiger partial charge in [0, 0.05) is 19.3 Å². The van der Waals surface area contributed by atoms with Crippen LogP contribution in [0.5, 0.6) is 0 Å². The smallest absolute Gasteiger partial charge is 0.157 e. The Morgan fingerprint density at radius 3 is 3.00 bits per heavy atom. The normalized spacial score (nSPS) is 19.7. The highest BCUT2D eigenvalue weighted by molar-refractivity contribution is 7.91. The van der Waals surface area contributed by atoms with Crippen molar-refractivity contribution in [1.82, 2.24) is 14.7 Å². The zero-order valence-electron chi connectivity index (χ0n) is 9.35. The lowest BCUT2D eigenvalue weighted by Crippen LogP contribution is -2.15. The quantitative estimate of drug-likeness (QED) is 0.846. The van der Waals surface area contributed by atoms with E-state index in [-0.39, 0.29) is 0 Å². The van der Waals surface area contributed by atoms with Crippen LogP contribution in [0.25, 0.3) is 0 Å². The minimum absolute atomic E-state index is 0.383. The highest BCUT2D eigenvalue weighted by Crippen LogP contribution is 2.16. The maximum absolute atomic E-state index is 11.6. The number of aryl methyl sites for hydroxylation is 1. The molecule has 88 valence electrons. The van der Waals surface area contributed by atoms with Crippen molar-refractivity contribution in [2.24, 2.45) is 0 Å². The lowest BCUT2D eigenvalue weighted by Gasteiger charge is -2.15. The zero-order chi connectivity index (χ0) is 11.8. The van der Waals surface area contributed by atoms with Crippen LogP contribution in [-0.2, 0) is 22.8 Å². The van der Waals surface area contributed by atoms with Crippen LogP contribution < -0.4 is 0 Å². The van der Waals surface area contributed by atoms with Crippen molar-refractivity contribution >= 4 is 9.73 Å². The topological polar surface area (TPSA) is 62.0 Å². The van der Waals surface area contributed by atoms with Gasteiger partial charge in [-0.2, -0.15) is 5.10 Å². The van der Waals surface area contributed by atoms with Gasteiger partial charge in [0.25, 0.3) is 0 Å². The second-order valence-corrected chi connectivity index (χ2v) is 6.15. The minimum atomic E-state index is -2.71. The summed E-state index contributed by atoms with van der Waals surface area (Å²) < 4.78 is 21.0. The molecule has 1 aromatic rings. The number of hydrogen-bond acceptors (Lipinski definition) is 4. The Labute approximate surface area is 95.7 Å². The fourth-order valence-corrected chi connectivity index (χ4v) is 2.42. The van der Waals surface area contributed by atoms with Crippen LogP contribution in [0.4, 0.5) is 0 Å². The molecule has 0 aromatic carbocycles. The molecule has 2 rings (SSSR count). The summed E-state index contributed by atoms with van der Waals surface area (Å²) in [5.74, 6) is 0. The second kappa shape index (κ2) is 3.93. The fraction of sp³-hybridized carbons (Fsp3) is 0.500. The van der Waals surface area contributed by atoms with Gasteiger partial charge in [0.05, 0.1) is 22.0 Å². The predicted octanol–water partition coefficient (Wildman–Crippen LogP) is 1.27. The number of hydrogen-bond donors (Lipinski definition) is 1. The molecule has 1 aromatic heterocycles. The number of fused-ring (bicyclic) bond motifs is 1. The molecule has 1 N–H and O–H groups in total. The van der Waals surface area contributed by atoms with E-state index in [0.717, 1.165) is 31.7 Å². The van der Waals surface area contributed by atoms with Gasteiger partial charge in [-0.05, 0) is 18.7 Å². The Bertz CT molecular complexity index is 503. The molecule has 1 atom stereocenters. The molecular formula is C10H16N4OS. The molecule has 0 spiro atoms. The van der Waals surface area contributed by atoms with Crippen LogP contribution in [0.2, 0.25) is 0 Å². The summed E-state index contributed by atoms with van der Waals surface area (Å²) in [4.78, 5) is 2.10. The number of aromatic nitrogens is 2. The molecule has 0 saturated heterocycles. The van der Waals surface area contributed by atoms with Gasteiger partial charge in [-0.25, -0.2) is 8.99 Å². The van der Waals surface area contributed by atoms with Gasteiger partial charge in [-0.1, -0.05) is 6.58 Å². The third-order valence-electron chi connectivity index (χ3n) is 2.68. The van der Waals surface area contributed by atoms with Gasteiger partial charge in [-0.3, -0.25) is 4.68 Å². The third kappa shape index (κ3) is 2.11. The van der Waals surface area contributed by atoms with Crippen molar-refractivity contribution in [2.45, 2.75) is 24.5 Å². The molecule has 0 bridgehead atoms. The third-order valence-corrected chi connectivity index (χ3v) is 3.68. The van der Waals surface area contributed by atoms with Crippen molar-refractivity contribution in [2.75, 3.05) is 12.8 Å². The highest BCUT2D eigenvalue weighted by Gasteiger charge is 2.17. The molecule has 6 heteroatoms. The predicted molar refractivity (Wildman–Crippen MR) is 62.5 cm³/mol. The van der Waals surface area contributed by atoms with Gasteiger partial charge in [-0.15, -0.1) is 0 Å². The lowest BCUT2D eigenvalue weighted by molar-refractivity contribution is 0.375. The van der Waals surface area contributed by atoms with E-state index in [2.05, 4.69) is 16.6 Å². The second-order valence-electron chi connectivity index (χ2n) is 4.05. The maximum atomic E-state index is 11.6. The van der Waals surface area contributed by atoms with Gasteiger partial charge < -0.3 is 4.90 Å². The molecule has 1 aliphatic heterocycles. The zero-order valence-corrected chi connectivity index (χ0v) is 10.2. The number of nitrogens with one attached hydrogen (secondary N) is 1.